The largest absolute Gasteiger partial charge is 0.416 e. The normalized spacial score (nSPS) is 13.3. The lowest BCUT2D eigenvalue weighted by atomic mass is 9.99. The summed E-state index contributed by atoms with van der Waals surface area (Å²) in [6.45, 7) is 0. The molecule has 1 atom stereocenters. The van der Waals surface area contributed by atoms with Crippen LogP contribution in [0.1, 0.15) is 22.8 Å². The topological polar surface area (TPSA) is 20.2 Å². The fraction of sp³-hybridized carbons (Fsp3) is 0.143. The van der Waals surface area contributed by atoms with Gasteiger partial charge in [-0.2, -0.15) is 13.2 Å². The highest BCUT2D eigenvalue weighted by Crippen LogP contribution is 2.33. The number of benzene rings is 2. The van der Waals surface area contributed by atoms with Gasteiger partial charge in [0.15, 0.2) is 0 Å². The lowest BCUT2D eigenvalue weighted by molar-refractivity contribution is -0.137. The predicted octanol–water partition coefficient (Wildman–Crippen LogP) is 5.09. The zero-order chi connectivity index (χ0) is 14.9. The minimum absolute atomic E-state index is 0.123. The van der Waals surface area contributed by atoms with Gasteiger partial charge in [-0.3, -0.25) is 0 Å². The zero-order valence-electron chi connectivity index (χ0n) is 9.96. The summed E-state index contributed by atoms with van der Waals surface area (Å²) in [5, 5.41) is 10.8. The minimum atomic E-state index is -4.46. The van der Waals surface area contributed by atoms with E-state index in [1.54, 1.807) is 0 Å². The van der Waals surface area contributed by atoms with Crippen molar-refractivity contribution in [2.24, 2.45) is 0 Å². The van der Waals surface area contributed by atoms with Crippen molar-refractivity contribution in [1.29, 1.82) is 0 Å². The molecule has 1 N–H and O–H groups in total. The van der Waals surface area contributed by atoms with Gasteiger partial charge in [0.25, 0.3) is 0 Å². The fourth-order valence-electron chi connectivity index (χ4n) is 1.81. The van der Waals surface area contributed by atoms with Crippen molar-refractivity contribution < 1.29 is 18.3 Å². The van der Waals surface area contributed by atoms with E-state index in [0.29, 0.717) is 15.6 Å². The van der Waals surface area contributed by atoms with E-state index in [2.05, 4.69) is 0 Å². The highest BCUT2D eigenvalue weighted by molar-refractivity contribution is 6.34. The van der Waals surface area contributed by atoms with Gasteiger partial charge < -0.3 is 5.11 Å². The van der Waals surface area contributed by atoms with Gasteiger partial charge in [-0.05, 0) is 41.5 Å². The number of hydrogen-bond donors (Lipinski definition) is 1. The molecule has 0 bridgehead atoms. The first-order chi connectivity index (χ1) is 9.27. The second kappa shape index (κ2) is 5.64. The molecule has 0 fully saturated rings. The molecule has 1 nitrogen and oxygen atoms in total. The van der Waals surface area contributed by atoms with Gasteiger partial charge in [0.2, 0.25) is 0 Å². The summed E-state index contributed by atoms with van der Waals surface area (Å²) in [7, 11) is 0. The smallest absolute Gasteiger partial charge is 0.384 e. The van der Waals surface area contributed by atoms with Crippen molar-refractivity contribution in [1.82, 2.24) is 0 Å². The number of aliphatic hydroxyl groups excluding tert-OH is 1. The van der Waals surface area contributed by atoms with Crippen LogP contribution in [0.5, 0.6) is 0 Å². The molecule has 0 aliphatic carbocycles. The Morgan fingerprint density at radius 3 is 2.05 bits per heavy atom. The molecule has 106 valence electrons. The van der Waals surface area contributed by atoms with Gasteiger partial charge in [-0.15, -0.1) is 0 Å². The van der Waals surface area contributed by atoms with Crippen LogP contribution in [0.15, 0.2) is 42.5 Å². The van der Waals surface area contributed by atoms with E-state index in [0.717, 1.165) is 12.1 Å². The van der Waals surface area contributed by atoms with Crippen LogP contribution in [0.25, 0.3) is 0 Å². The first kappa shape index (κ1) is 15.2. The quantitative estimate of drug-likeness (QED) is 0.816. The third-order valence-electron chi connectivity index (χ3n) is 2.73. The molecular weight excluding hydrogens is 312 g/mol. The zero-order valence-corrected chi connectivity index (χ0v) is 11.5. The average molecular weight is 321 g/mol. The van der Waals surface area contributed by atoms with Crippen molar-refractivity contribution in [3.05, 3.63) is 69.2 Å². The molecule has 2 rings (SSSR count). The first-order valence-electron chi connectivity index (χ1n) is 5.58. The molecular formula is C14H9Cl2F3O. The Labute approximate surface area is 123 Å². The molecule has 0 saturated carbocycles. The number of aliphatic hydroxyl groups is 1. The summed E-state index contributed by atoms with van der Waals surface area (Å²) in [5.74, 6) is 0. The van der Waals surface area contributed by atoms with Gasteiger partial charge in [0.05, 0.1) is 5.56 Å². The molecule has 20 heavy (non-hydrogen) atoms. The van der Waals surface area contributed by atoms with Crippen molar-refractivity contribution in [2.45, 2.75) is 12.3 Å². The highest BCUT2D eigenvalue weighted by atomic mass is 35.5. The van der Waals surface area contributed by atoms with E-state index in [9.17, 15) is 18.3 Å². The van der Waals surface area contributed by atoms with Crippen LogP contribution in [0.3, 0.4) is 0 Å². The molecule has 0 aromatic heterocycles. The van der Waals surface area contributed by atoms with Crippen molar-refractivity contribution in [2.75, 3.05) is 0 Å². The maximum atomic E-state index is 12.6. The fourth-order valence-corrected chi connectivity index (χ4v) is 2.35. The van der Waals surface area contributed by atoms with Crippen molar-refractivity contribution in [3.63, 3.8) is 0 Å². The Morgan fingerprint density at radius 2 is 1.50 bits per heavy atom. The molecule has 0 aliphatic rings. The Hall–Kier alpha value is -1.23. The number of alkyl halides is 3. The highest BCUT2D eigenvalue weighted by Gasteiger charge is 2.31. The molecule has 1 unspecified atom stereocenters. The maximum absolute atomic E-state index is 12.6. The number of rotatable bonds is 2. The van der Waals surface area contributed by atoms with Gasteiger partial charge >= 0.3 is 6.18 Å². The summed E-state index contributed by atoms with van der Waals surface area (Å²) in [5.41, 5.74) is -0.359. The van der Waals surface area contributed by atoms with E-state index < -0.39 is 17.8 Å². The van der Waals surface area contributed by atoms with Crippen LogP contribution in [0.2, 0.25) is 10.0 Å². The molecule has 0 aliphatic heterocycles. The van der Waals surface area contributed by atoms with Crippen molar-refractivity contribution in [3.8, 4) is 0 Å². The van der Waals surface area contributed by atoms with Crippen molar-refractivity contribution >= 4 is 23.2 Å². The molecule has 0 saturated heterocycles. The van der Waals surface area contributed by atoms with Crippen LogP contribution in [0.4, 0.5) is 13.2 Å². The minimum Gasteiger partial charge on any atom is -0.384 e. The van der Waals surface area contributed by atoms with Crippen LogP contribution in [-0.2, 0) is 6.18 Å². The standard InChI is InChI=1S/C14H9Cl2F3O/c15-11-5-9(6-12(16)7-11)13(20)8-2-1-3-10(4-8)14(17,18)19/h1-7,13,20H. The lowest BCUT2D eigenvalue weighted by Crippen LogP contribution is -2.07. The van der Waals surface area contributed by atoms with E-state index in [-0.39, 0.29) is 5.56 Å². The lowest BCUT2D eigenvalue weighted by Gasteiger charge is -2.14. The average Bonchev–Trinajstić information content (AvgIpc) is 2.36. The summed E-state index contributed by atoms with van der Waals surface area (Å²) in [6.07, 6.45) is -5.68. The van der Waals surface area contributed by atoms with Crippen LogP contribution in [0, 0.1) is 0 Å². The third-order valence-corrected chi connectivity index (χ3v) is 3.17. The monoisotopic (exact) mass is 320 g/mol. The van der Waals surface area contributed by atoms with Gasteiger partial charge in [0.1, 0.15) is 6.10 Å². The van der Waals surface area contributed by atoms with Crippen LogP contribution < -0.4 is 0 Å². The number of halogens is 5. The molecule has 2 aromatic carbocycles. The summed E-state index contributed by atoms with van der Waals surface area (Å²) >= 11 is 11.6. The Bertz CT molecular complexity index is 606. The van der Waals surface area contributed by atoms with E-state index in [4.69, 9.17) is 23.2 Å². The molecule has 6 heteroatoms. The molecule has 2 aromatic rings. The van der Waals surface area contributed by atoms with Gasteiger partial charge in [-0.1, -0.05) is 35.3 Å². The van der Waals surface area contributed by atoms with Crippen LogP contribution in [-0.4, -0.2) is 5.11 Å². The van der Waals surface area contributed by atoms with E-state index in [1.165, 1.54) is 30.3 Å². The number of hydrogen-bond acceptors (Lipinski definition) is 1. The first-order valence-corrected chi connectivity index (χ1v) is 6.34. The van der Waals surface area contributed by atoms with Gasteiger partial charge in [-0.25, -0.2) is 0 Å². The molecule has 0 radical (unpaired) electrons. The second-order valence-corrected chi connectivity index (χ2v) is 5.10. The van der Waals surface area contributed by atoms with Crippen LogP contribution >= 0.6 is 23.2 Å². The maximum Gasteiger partial charge on any atom is 0.416 e. The predicted molar refractivity (Wildman–Crippen MR) is 72.0 cm³/mol. The second-order valence-electron chi connectivity index (χ2n) is 4.23. The summed E-state index contributed by atoms with van der Waals surface area (Å²) in [4.78, 5) is 0. The summed E-state index contributed by atoms with van der Waals surface area (Å²) in [6, 6.07) is 8.89. The SMILES string of the molecule is OC(c1cc(Cl)cc(Cl)c1)c1cccc(C(F)(F)F)c1. The molecule has 0 amide bonds. The molecule has 0 spiro atoms. The Balaban J connectivity index is 2.40. The third kappa shape index (κ3) is 3.45. The molecule has 0 heterocycles. The van der Waals surface area contributed by atoms with E-state index >= 15 is 0 Å². The Morgan fingerprint density at radius 1 is 0.900 bits per heavy atom. The summed E-state index contributed by atoms with van der Waals surface area (Å²) < 4.78 is 37.9. The van der Waals surface area contributed by atoms with Gasteiger partial charge in [0, 0.05) is 10.0 Å². The van der Waals surface area contributed by atoms with E-state index in [1.807, 2.05) is 0 Å². The Kier molecular flexibility index (Phi) is 4.28.